The molecule has 0 aliphatic heterocycles. The van der Waals surface area contributed by atoms with Crippen molar-refractivity contribution < 1.29 is 0 Å². The average molecular weight is 319 g/mol. The molecule has 0 radical (unpaired) electrons. The zero-order valence-corrected chi connectivity index (χ0v) is 12.5. The minimum Gasteiger partial charge on any atom is -0.290 e. The summed E-state index contributed by atoms with van der Waals surface area (Å²) < 4.78 is 3.21. The highest BCUT2D eigenvalue weighted by atomic mass is 35.5. The molecule has 0 saturated heterocycles. The van der Waals surface area contributed by atoms with E-state index in [0.29, 0.717) is 5.02 Å². The number of rotatable bonds is 1. The lowest BCUT2D eigenvalue weighted by Gasteiger charge is -1.98. The molecule has 2 aromatic heterocycles. The molecule has 4 rings (SSSR count). The summed E-state index contributed by atoms with van der Waals surface area (Å²) in [6.07, 6.45) is 2.02. The average Bonchev–Trinajstić information content (AvgIpc) is 2.96. The molecule has 0 spiro atoms. The molecule has 5 heteroatoms. The van der Waals surface area contributed by atoms with E-state index in [1.165, 1.54) is 0 Å². The molecule has 0 amide bonds. The number of halogens is 2. The van der Waals surface area contributed by atoms with E-state index in [4.69, 9.17) is 23.2 Å². The molecule has 2 aromatic carbocycles. The predicted octanol–water partition coefficient (Wildman–Crippen LogP) is 5.52. The van der Waals surface area contributed by atoms with E-state index in [-0.39, 0.29) is 0 Å². The van der Waals surface area contributed by atoms with Gasteiger partial charge in [-0.1, -0.05) is 52.7 Å². The number of hydrogen-bond acceptors (Lipinski definition) is 2. The maximum Gasteiger partial charge on any atom is 0.195 e. The van der Waals surface area contributed by atoms with Crippen LogP contribution in [-0.2, 0) is 0 Å². The van der Waals surface area contributed by atoms with Gasteiger partial charge in [-0.2, -0.15) is 0 Å². The molecule has 0 N–H and O–H groups in total. The van der Waals surface area contributed by atoms with Gasteiger partial charge >= 0.3 is 0 Å². The largest absolute Gasteiger partial charge is 0.290 e. The van der Waals surface area contributed by atoms with Crippen molar-refractivity contribution in [3.05, 3.63) is 58.7 Å². The van der Waals surface area contributed by atoms with Crippen LogP contribution in [0.15, 0.2) is 48.7 Å². The van der Waals surface area contributed by atoms with Gasteiger partial charge in [-0.25, -0.2) is 4.98 Å². The van der Waals surface area contributed by atoms with Crippen molar-refractivity contribution in [3.63, 3.8) is 0 Å². The Morgan fingerprint density at radius 2 is 1.90 bits per heavy atom. The molecular weight excluding hydrogens is 311 g/mol. The third-order valence-corrected chi connectivity index (χ3v) is 4.79. The third kappa shape index (κ3) is 1.82. The van der Waals surface area contributed by atoms with Gasteiger partial charge in [0, 0.05) is 16.8 Å². The lowest BCUT2D eigenvalue weighted by atomic mass is 10.2. The summed E-state index contributed by atoms with van der Waals surface area (Å²) in [5.74, 6) is 0. The first-order valence-corrected chi connectivity index (χ1v) is 7.62. The Bertz CT molecular complexity index is 940. The topological polar surface area (TPSA) is 17.3 Å². The Kier molecular flexibility index (Phi) is 2.74. The monoisotopic (exact) mass is 318 g/mol. The van der Waals surface area contributed by atoms with Gasteiger partial charge in [0.05, 0.1) is 20.9 Å². The Morgan fingerprint density at radius 3 is 2.75 bits per heavy atom. The Morgan fingerprint density at radius 1 is 1.05 bits per heavy atom. The van der Waals surface area contributed by atoms with Gasteiger partial charge < -0.3 is 0 Å². The quantitative estimate of drug-likeness (QED) is 0.451. The number of benzene rings is 2. The lowest BCUT2D eigenvalue weighted by molar-refractivity contribution is 1.30. The first kappa shape index (κ1) is 12.2. The van der Waals surface area contributed by atoms with E-state index in [1.54, 1.807) is 11.3 Å². The fraction of sp³-hybridized carbons (Fsp3) is 0. The van der Waals surface area contributed by atoms with Gasteiger partial charge in [0.2, 0.25) is 0 Å². The molecule has 2 heterocycles. The second kappa shape index (κ2) is 4.48. The third-order valence-electron chi connectivity index (χ3n) is 3.21. The molecule has 0 bridgehead atoms. The summed E-state index contributed by atoms with van der Waals surface area (Å²) >= 11 is 13.9. The molecule has 2 nitrogen and oxygen atoms in total. The van der Waals surface area contributed by atoms with Gasteiger partial charge in [-0.05, 0) is 24.3 Å². The SMILES string of the molecule is Clc1ccc2c(c1)sc1nc(-c3ccccc3Cl)cn12. The van der Waals surface area contributed by atoms with Crippen LogP contribution >= 0.6 is 34.5 Å². The van der Waals surface area contributed by atoms with E-state index < -0.39 is 0 Å². The fourth-order valence-electron chi connectivity index (χ4n) is 2.27. The summed E-state index contributed by atoms with van der Waals surface area (Å²) in [4.78, 5) is 5.61. The summed E-state index contributed by atoms with van der Waals surface area (Å²) in [5.41, 5.74) is 2.95. The number of hydrogen-bond donors (Lipinski definition) is 0. The minimum atomic E-state index is 0.714. The van der Waals surface area contributed by atoms with Crippen LogP contribution in [0, 0.1) is 0 Å². The number of imidazole rings is 1. The maximum atomic E-state index is 6.23. The minimum absolute atomic E-state index is 0.714. The summed E-state index contributed by atoms with van der Waals surface area (Å²) in [7, 11) is 0. The van der Waals surface area contributed by atoms with Crippen molar-refractivity contribution >= 4 is 49.7 Å². The molecule has 0 fully saturated rings. The second-order valence-corrected chi connectivity index (χ2v) is 6.33. The number of thiazole rings is 1. The fourth-order valence-corrected chi connectivity index (χ4v) is 3.79. The standard InChI is InChI=1S/C15H8Cl2N2S/c16-9-5-6-13-14(7-9)20-15-18-12(8-19(13)15)10-3-1-2-4-11(10)17/h1-8H. The van der Waals surface area contributed by atoms with Crippen molar-refractivity contribution in [2.75, 3.05) is 0 Å². The molecule has 20 heavy (non-hydrogen) atoms. The first-order valence-electron chi connectivity index (χ1n) is 6.04. The Labute approximate surface area is 129 Å². The number of fused-ring (bicyclic) bond motifs is 3. The smallest absolute Gasteiger partial charge is 0.195 e. The number of nitrogens with zero attached hydrogens (tertiary/aromatic N) is 2. The van der Waals surface area contributed by atoms with Crippen LogP contribution in [0.2, 0.25) is 10.0 Å². The summed E-state index contributed by atoms with van der Waals surface area (Å²) in [6, 6.07) is 13.6. The second-order valence-electron chi connectivity index (χ2n) is 4.47. The van der Waals surface area contributed by atoms with E-state index in [2.05, 4.69) is 9.38 Å². The molecule has 0 aliphatic rings. The predicted molar refractivity (Wildman–Crippen MR) is 86.0 cm³/mol. The van der Waals surface area contributed by atoms with Gasteiger partial charge in [0.1, 0.15) is 0 Å². The molecule has 0 unspecified atom stereocenters. The van der Waals surface area contributed by atoms with Crippen molar-refractivity contribution in [2.45, 2.75) is 0 Å². The summed E-state index contributed by atoms with van der Waals surface area (Å²) in [6.45, 7) is 0. The van der Waals surface area contributed by atoms with Crippen LogP contribution < -0.4 is 0 Å². The van der Waals surface area contributed by atoms with Crippen molar-refractivity contribution in [3.8, 4) is 11.3 Å². The summed E-state index contributed by atoms with van der Waals surface area (Å²) in [5, 5.41) is 1.46. The van der Waals surface area contributed by atoms with E-state index in [0.717, 1.165) is 31.5 Å². The van der Waals surface area contributed by atoms with Crippen LogP contribution in [0.4, 0.5) is 0 Å². The molecule has 0 aliphatic carbocycles. The van der Waals surface area contributed by atoms with Crippen molar-refractivity contribution in [2.24, 2.45) is 0 Å². The number of aromatic nitrogens is 2. The van der Waals surface area contributed by atoms with Crippen LogP contribution in [0.3, 0.4) is 0 Å². The van der Waals surface area contributed by atoms with E-state index in [1.807, 2.05) is 48.7 Å². The first-order chi connectivity index (χ1) is 9.72. The Hall–Kier alpha value is -1.55. The van der Waals surface area contributed by atoms with Crippen LogP contribution in [-0.4, -0.2) is 9.38 Å². The normalized spacial score (nSPS) is 11.5. The molecule has 0 saturated carbocycles. The zero-order chi connectivity index (χ0) is 13.7. The molecule has 0 atom stereocenters. The molecule has 98 valence electrons. The highest BCUT2D eigenvalue weighted by Crippen LogP contribution is 2.33. The highest BCUT2D eigenvalue weighted by Gasteiger charge is 2.12. The molecule has 4 aromatic rings. The van der Waals surface area contributed by atoms with Gasteiger partial charge in [0.25, 0.3) is 0 Å². The van der Waals surface area contributed by atoms with Crippen LogP contribution in [0.1, 0.15) is 0 Å². The van der Waals surface area contributed by atoms with E-state index in [9.17, 15) is 0 Å². The maximum absolute atomic E-state index is 6.23. The lowest BCUT2D eigenvalue weighted by Crippen LogP contribution is -1.79. The molecular formula is C15H8Cl2N2S. The van der Waals surface area contributed by atoms with Crippen molar-refractivity contribution in [1.29, 1.82) is 0 Å². The van der Waals surface area contributed by atoms with Crippen LogP contribution in [0.25, 0.3) is 26.4 Å². The van der Waals surface area contributed by atoms with Gasteiger partial charge in [0.15, 0.2) is 4.96 Å². The van der Waals surface area contributed by atoms with Gasteiger partial charge in [-0.15, -0.1) is 0 Å². The van der Waals surface area contributed by atoms with E-state index >= 15 is 0 Å². The van der Waals surface area contributed by atoms with Crippen LogP contribution in [0.5, 0.6) is 0 Å². The van der Waals surface area contributed by atoms with Crippen molar-refractivity contribution in [1.82, 2.24) is 9.38 Å². The highest BCUT2D eigenvalue weighted by molar-refractivity contribution is 7.23. The van der Waals surface area contributed by atoms with Gasteiger partial charge in [-0.3, -0.25) is 4.40 Å². The Balaban J connectivity index is 1.98. The zero-order valence-electron chi connectivity index (χ0n) is 10.2.